The maximum Gasteiger partial charge on any atom is 0.123 e. The van der Waals surface area contributed by atoms with Crippen LogP contribution < -0.4 is 14.8 Å². The van der Waals surface area contributed by atoms with Gasteiger partial charge in [0.05, 0.1) is 20.3 Å². The Kier molecular flexibility index (Phi) is 4.44. The van der Waals surface area contributed by atoms with Crippen LogP contribution in [0.5, 0.6) is 11.5 Å². The Morgan fingerprint density at radius 2 is 2.06 bits per heavy atom. The maximum atomic E-state index is 9.22. The normalized spacial score (nSPS) is 22.4. The zero-order valence-corrected chi connectivity index (χ0v) is 11.0. The molecule has 0 aromatic heterocycles. The molecule has 0 unspecified atom stereocenters. The average Bonchev–Trinajstić information content (AvgIpc) is 2.36. The summed E-state index contributed by atoms with van der Waals surface area (Å²) in [5.74, 6) is 2.32. The van der Waals surface area contributed by atoms with Crippen molar-refractivity contribution < 1.29 is 14.6 Å². The van der Waals surface area contributed by atoms with Crippen LogP contribution in [0, 0.1) is 5.92 Å². The van der Waals surface area contributed by atoms with Crippen molar-refractivity contribution in [3.05, 3.63) is 23.8 Å². The Bertz CT molecular complexity index is 389. The molecule has 1 aromatic carbocycles. The van der Waals surface area contributed by atoms with Crippen LogP contribution in [0.2, 0.25) is 0 Å². The quantitative estimate of drug-likeness (QED) is 0.805. The van der Waals surface area contributed by atoms with Gasteiger partial charge in [0, 0.05) is 12.1 Å². The Labute approximate surface area is 108 Å². The van der Waals surface area contributed by atoms with Crippen LogP contribution in [0.25, 0.3) is 0 Å². The summed E-state index contributed by atoms with van der Waals surface area (Å²) in [4.78, 5) is 0. The summed E-state index contributed by atoms with van der Waals surface area (Å²) in [7, 11) is 3.34. The third kappa shape index (κ3) is 3.15. The Morgan fingerprint density at radius 1 is 1.28 bits per heavy atom. The van der Waals surface area contributed by atoms with E-state index in [0.29, 0.717) is 5.92 Å². The average molecular weight is 251 g/mol. The molecule has 1 aromatic rings. The molecule has 0 radical (unpaired) electrons. The molecule has 0 atom stereocenters. The third-order valence-corrected chi connectivity index (χ3v) is 3.45. The summed E-state index contributed by atoms with van der Waals surface area (Å²) in [6.07, 6.45) is 1.76. The van der Waals surface area contributed by atoms with Gasteiger partial charge in [-0.25, -0.2) is 0 Å². The lowest BCUT2D eigenvalue weighted by molar-refractivity contribution is 0.0429. The summed E-state index contributed by atoms with van der Waals surface area (Å²) in [5.41, 5.74) is 1.09. The minimum Gasteiger partial charge on any atom is -0.497 e. The van der Waals surface area contributed by atoms with Crippen molar-refractivity contribution in [1.82, 2.24) is 5.32 Å². The number of nitrogens with one attached hydrogen (secondary N) is 1. The highest BCUT2D eigenvalue weighted by atomic mass is 16.5. The molecule has 0 spiro atoms. The molecule has 2 rings (SSSR count). The molecular weight excluding hydrogens is 230 g/mol. The van der Waals surface area contributed by atoms with Crippen LogP contribution >= 0.6 is 0 Å². The van der Waals surface area contributed by atoms with E-state index in [1.807, 2.05) is 18.2 Å². The lowest BCUT2D eigenvalue weighted by Crippen LogP contribution is -2.35. The van der Waals surface area contributed by atoms with Crippen LogP contribution in [0.3, 0.4) is 0 Å². The van der Waals surface area contributed by atoms with E-state index in [9.17, 15) is 5.11 Å². The number of rotatable bonds is 6. The van der Waals surface area contributed by atoms with Gasteiger partial charge in [-0.15, -0.1) is 0 Å². The molecule has 4 nitrogen and oxygen atoms in total. The smallest absolute Gasteiger partial charge is 0.123 e. The lowest BCUT2D eigenvalue weighted by Gasteiger charge is -2.31. The number of ether oxygens (including phenoxy) is 2. The number of benzene rings is 1. The molecule has 1 saturated carbocycles. The van der Waals surface area contributed by atoms with Crippen LogP contribution in [0.4, 0.5) is 0 Å². The van der Waals surface area contributed by atoms with Crippen molar-refractivity contribution in [3.63, 3.8) is 0 Å². The van der Waals surface area contributed by atoms with Crippen molar-refractivity contribution in [2.45, 2.75) is 25.5 Å². The fraction of sp³-hybridized carbons (Fsp3) is 0.571. The monoisotopic (exact) mass is 251 g/mol. The van der Waals surface area contributed by atoms with Gasteiger partial charge in [0.25, 0.3) is 0 Å². The summed E-state index contributed by atoms with van der Waals surface area (Å²) >= 11 is 0. The van der Waals surface area contributed by atoms with E-state index in [-0.39, 0.29) is 6.10 Å². The van der Waals surface area contributed by atoms with Gasteiger partial charge in [-0.2, -0.15) is 0 Å². The first-order valence-corrected chi connectivity index (χ1v) is 6.32. The number of hydrogen-bond donors (Lipinski definition) is 2. The van der Waals surface area contributed by atoms with Crippen molar-refractivity contribution in [2.75, 3.05) is 20.8 Å². The molecule has 4 heteroatoms. The second-order valence-electron chi connectivity index (χ2n) is 4.80. The number of hydrogen-bond acceptors (Lipinski definition) is 4. The SMILES string of the molecule is COc1ccc(OC)c(CNCC2CC(O)C2)c1. The van der Waals surface area contributed by atoms with Crippen LogP contribution in [-0.4, -0.2) is 32.0 Å². The highest BCUT2D eigenvalue weighted by molar-refractivity contribution is 5.40. The third-order valence-electron chi connectivity index (χ3n) is 3.45. The minimum absolute atomic E-state index is 0.0804. The zero-order chi connectivity index (χ0) is 13.0. The summed E-state index contributed by atoms with van der Waals surface area (Å²) < 4.78 is 10.5. The van der Waals surface area contributed by atoms with Gasteiger partial charge in [0.15, 0.2) is 0 Å². The van der Waals surface area contributed by atoms with E-state index >= 15 is 0 Å². The van der Waals surface area contributed by atoms with Gasteiger partial charge in [-0.3, -0.25) is 0 Å². The van der Waals surface area contributed by atoms with E-state index in [2.05, 4.69) is 5.32 Å². The highest BCUT2D eigenvalue weighted by Crippen LogP contribution is 2.27. The molecule has 1 aliphatic rings. The molecule has 100 valence electrons. The van der Waals surface area contributed by atoms with E-state index in [1.54, 1.807) is 14.2 Å². The molecule has 0 bridgehead atoms. The van der Waals surface area contributed by atoms with E-state index in [4.69, 9.17) is 9.47 Å². The fourth-order valence-electron chi connectivity index (χ4n) is 2.30. The Balaban J connectivity index is 1.86. The first kappa shape index (κ1) is 13.2. The molecule has 0 saturated heterocycles. The molecule has 1 fully saturated rings. The predicted octanol–water partition coefficient (Wildman–Crippen LogP) is 1.56. The zero-order valence-electron chi connectivity index (χ0n) is 11.0. The van der Waals surface area contributed by atoms with Crippen molar-refractivity contribution >= 4 is 0 Å². The molecule has 0 amide bonds. The largest absolute Gasteiger partial charge is 0.497 e. The van der Waals surface area contributed by atoms with Gasteiger partial charge in [-0.1, -0.05) is 0 Å². The van der Waals surface area contributed by atoms with Crippen molar-refractivity contribution in [3.8, 4) is 11.5 Å². The Morgan fingerprint density at radius 3 is 2.67 bits per heavy atom. The van der Waals surface area contributed by atoms with Crippen LogP contribution in [-0.2, 0) is 6.54 Å². The van der Waals surface area contributed by atoms with Crippen LogP contribution in [0.1, 0.15) is 18.4 Å². The number of methoxy groups -OCH3 is 2. The van der Waals surface area contributed by atoms with E-state index in [0.717, 1.165) is 43.0 Å². The van der Waals surface area contributed by atoms with Gasteiger partial charge in [-0.05, 0) is 43.5 Å². The molecule has 0 aliphatic heterocycles. The topological polar surface area (TPSA) is 50.7 Å². The summed E-state index contributed by atoms with van der Waals surface area (Å²) in [6, 6.07) is 5.80. The van der Waals surface area contributed by atoms with Gasteiger partial charge < -0.3 is 19.9 Å². The molecule has 1 aliphatic carbocycles. The fourth-order valence-corrected chi connectivity index (χ4v) is 2.30. The lowest BCUT2D eigenvalue weighted by atomic mass is 9.82. The first-order valence-electron chi connectivity index (χ1n) is 6.32. The minimum atomic E-state index is -0.0804. The van der Waals surface area contributed by atoms with Crippen molar-refractivity contribution in [2.24, 2.45) is 5.92 Å². The van der Waals surface area contributed by atoms with Gasteiger partial charge in [0.1, 0.15) is 11.5 Å². The predicted molar refractivity (Wildman–Crippen MR) is 70.0 cm³/mol. The van der Waals surface area contributed by atoms with Gasteiger partial charge >= 0.3 is 0 Å². The molecule has 2 N–H and O–H groups in total. The number of aliphatic hydroxyl groups is 1. The van der Waals surface area contributed by atoms with Crippen molar-refractivity contribution in [1.29, 1.82) is 0 Å². The Hall–Kier alpha value is -1.26. The second kappa shape index (κ2) is 6.07. The summed E-state index contributed by atoms with van der Waals surface area (Å²) in [5, 5.41) is 12.6. The molecule has 18 heavy (non-hydrogen) atoms. The molecular formula is C14H21NO3. The standard InChI is InChI=1S/C14H21NO3/c1-17-13-3-4-14(18-2)11(7-13)9-15-8-10-5-12(16)6-10/h3-4,7,10,12,15-16H,5-6,8-9H2,1-2H3. The molecule has 0 heterocycles. The van der Waals surface area contributed by atoms with Crippen LogP contribution in [0.15, 0.2) is 18.2 Å². The van der Waals surface area contributed by atoms with E-state index in [1.165, 1.54) is 0 Å². The second-order valence-corrected chi connectivity index (χ2v) is 4.80. The maximum absolute atomic E-state index is 9.22. The first-order chi connectivity index (χ1) is 8.72. The van der Waals surface area contributed by atoms with Gasteiger partial charge in [0.2, 0.25) is 0 Å². The summed E-state index contributed by atoms with van der Waals surface area (Å²) in [6.45, 7) is 1.70. The number of aliphatic hydroxyl groups excluding tert-OH is 1. The van der Waals surface area contributed by atoms with E-state index < -0.39 is 0 Å². The highest BCUT2D eigenvalue weighted by Gasteiger charge is 2.26.